The highest BCUT2D eigenvalue weighted by atomic mass is 35.5. The maximum atomic E-state index is 11.9. The first-order valence-corrected chi connectivity index (χ1v) is 6.52. The lowest BCUT2D eigenvalue weighted by molar-refractivity contribution is 0.183. The summed E-state index contributed by atoms with van der Waals surface area (Å²) in [6.45, 7) is 4.41. The molecule has 2 N–H and O–H groups in total. The number of hydrogen-bond donors (Lipinski definition) is 2. The summed E-state index contributed by atoms with van der Waals surface area (Å²) in [6, 6.07) is 4.82. The van der Waals surface area contributed by atoms with Crippen molar-refractivity contribution in [2.75, 3.05) is 19.7 Å². The van der Waals surface area contributed by atoms with Crippen LogP contribution in [-0.4, -0.2) is 35.7 Å². The molecule has 0 unspecified atom stereocenters. The second kappa shape index (κ2) is 8.04. The Morgan fingerprint density at radius 2 is 2.21 bits per heavy atom. The van der Waals surface area contributed by atoms with E-state index < -0.39 is 0 Å². The number of amides is 2. The van der Waals surface area contributed by atoms with Gasteiger partial charge in [0.25, 0.3) is 0 Å². The van der Waals surface area contributed by atoms with Gasteiger partial charge in [-0.25, -0.2) is 4.79 Å². The van der Waals surface area contributed by atoms with Crippen LogP contribution in [0.25, 0.3) is 0 Å². The van der Waals surface area contributed by atoms with Gasteiger partial charge in [0.15, 0.2) is 0 Å². The van der Waals surface area contributed by atoms with Crippen molar-refractivity contribution in [3.8, 4) is 0 Å². The van der Waals surface area contributed by atoms with Gasteiger partial charge in [0.05, 0.1) is 6.61 Å². The third kappa shape index (κ3) is 5.11. The zero-order valence-electron chi connectivity index (χ0n) is 10.4. The van der Waals surface area contributed by atoms with E-state index >= 15 is 0 Å². The molecule has 104 valence electrons. The monoisotopic (exact) mass is 302 g/mol. The Kier molecular flexibility index (Phi) is 6.70. The lowest BCUT2D eigenvalue weighted by atomic mass is 10.2. The topological polar surface area (TPSA) is 52.6 Å². The molecule has 2 amide bonds. The number of rotatable bonds is 6. The van der Waals surface area contributed by atoms with Crippen molar-refractivity contribution in [2.45, 2.75) is 6.54 Å². The highest BCUT2D eigenvalue weighted by molar-refractivity contribution is 6.35. The predicted octanol–water partition coefficient (Wildman–Crippen LogP) is 2.68. The number of halogens is 2. The van der Waals surface area contributed by atoms with Crippen LogP contribution in [-0.2, 0) is 6.54 Å². The van der Waals surface area contributed by atoms with E-state index in [0.29, 0.717) is 23.1 Å². The molecule has 0 heterocycles. The minimum Gasteiger partial charge on any atom is -0.395 e. The van der Waals surface area contributed by atoms with E-state index in [-0.39, 0.29) is 19.2 Å². The van der Waals surface area contributed by atoms with Gasteiger partial charge in [-0.15, -0.1) is 6.58 Å². The van der Waals surface area contributed by atoms with Crippen LogP contribution < -0.4 is 5.32 Å². The summed E-state index contributed by atoms with van der Waals surface area (Å²) < 4.78 is 0. The Morgan fingerprint density at radius 1 is 1.47 bits per heavy atom. The molecular formula is C13H16Cl2N2O2. The first-order valence-electron chi connectivity index (χ1n) is 5.77. The molecule has 0 fully saturated rings. The van der Waals surface area contributed by atoms with Crippen LogP contribution in [0.2, 0.25) is 10.0 Å². The quantitative estimate of drug-likeness (QED) is 0.794. The number of nitrogens with one attached hydrogen (secondary N) is 1. The summed E-state index contributed by atoms with van der Waals surface area (Å²) in [6.07, 6.45) is 1.60. The molecule has 0 aromatic heterocycles. The molecule has 1 aromatic rings. The van der Waals surface area contributed by atoms with Gasteiger partial charge in [-0.05, 0) is 17.7 Å². The summed E-state index contributed by atoms with van der Waals surface area (Å²) in [4.78, 5) is 13.3. The average molecular weight is 303 g/mol. The van der Waals surface area contributed by atoms with Crippen LogP contribution in [0, 0.1) is 0 Å². The number of hydrogen-bond acceptors (Lipinski definition) is 2. The molecule has 0 bridgehead atoms. The maximum absolute atomic E-state index is 11.9. The van der Waals surface area contributed by atoms with Crippen LogP contribution in [0.1, 0.15) is 5.56 Å². The van der Waals surface area contributed by atoms with Gasteiger partial charge in [0, 0.05) is 29.7 Å². The molecule has 0 aliphatic carbocycles. The third-order valence-corrected chi connectivity index (χ3v) is 3.04. The SMILES string of the molecule is C=CCN(CCO)C(=O)NCc1ccc(Cl)cc1Cl. The first kappa shape index (κ1) is 15.8. The van der Waals surface area contributed by atoms with Crippen LogP contribution in [0.15, 0.2) is 30.9 Å². The molecule has 0 saturated carbocycles. The standard InChI is InChI=1S/C13H16Cl2N2O2/c1-2-5-17(6-7-18)13(19)16-9-10-3-4-11(14)8-12(10)15/h2-4,8,18H,1,5-7,9H2,(H,16,19). The van der Waals surface area contributed by atoms with E-state index in [2.05, 4.69) is 11.9 Å². The number of carbonyl (C=O) groups excluding carboxylic acids is 1. The molecule has 19 heavy (non-hydrogen) atoms. The number of urea groups is 1. The number of aliphatic hydroxyl groups is 1. The minimum atomic E-state index is -0.278. The van der Waals surface area contributed by atoms with Gasteiger partial charge in [-0.2, -0.15) is 0 Å². The van der Waals surface area contributed by atoms with Gasteiger partial charge in [-0.3, -0.25) is 0 Å². The van der Waals surface area contributed by atoms with Gasteiger partial charge in [0.2, 0.25) is 0 Å². The molecular weight excluding hydrogens is 287 g/mol. The lowest BCUT2D eigenvalue weighted by Crippen LogP contribution is -2.41. The zero-order valence-corrected chi connectivity index (χ0v) is 11.9. The minimum absolute atomic E-state index is 0.0943. The Balaban J connectivity index is 2.59. The van der Waals surface area contributed by atoms with Crippen molar-refractivity contribution in [3.63, 3.8) is 0 Å². The van der Waals surface area contributed by atoms with Gasteiger partial charge < -0.3 is 15.3 Å². The molecule has 0 spiro atoms. The van der Waals surface area contributed by atoms with Gasteiger partial charge in [0.1, 0.15) is 0 Å². The summed E-state index contributed by atoms with van der Waals surface area (Å²) in [7, 11) is 0. The van der Waals surface area contributed by atoms with Gasteiger partial charge in [-0.1, -0.05) is 35.3 Å². The first-order chi connectivity index (χ1) is 9.08. The molecule has 1 aromatic carbocycles. The molecule has 4 nitrogen and oxygen atoms in total. The number of benzene rings is 1. The zero-order chi connectivity index (χ0) is 14.3. The fourth-order valence-corrected chi connectivity index (χ4v) is 1.98. The van der Waals surface area contributed by atoms with Crippen molar-refractivity contribution >= 4 is 29.2 Å². The van der Waals surface area contributed by atoms with E-state index in [1.165, 1.54) is 4.90 Å². The third-order valence-electron chi connectivity index (χ3n) is 2.45. The van der Waals surface area contributed by atoms with E-state index in [4.69, 9.17) is 28.3 Å². The summed E-state index contributed by atoms with van der Waals surface area (Å²) >= 11 is 11.8. The predicted molar refractivity (Wildman–Crippen MR) is 77.6 cm³/mol. The normalized spacial score (nSPS) is 10.1. The van der Waals surface area contributed by atoms with Crippen molar-refractivity contribution in [3.05, 3.63) is 46.5 Å². The van der Waals surface area contributed by atoms with Gasteiger partial charge >= 0.3 is 6.03 Å². The van der Waals surface area contributed by atoms with Crippen molar-refractivity contribution in [1.29, 1.82) is 0 Å². The van der Waals surface area contributed by atoms with Crippen molar-refractivity contribution in [2.24, 2.45) is 0 Å². The fraction of sp³-hybridized carbons (Fsp3) is 0.308. The molecule has 0 saturated heterocycles. The summed E-state index contributed by atoms with van der Waals surface area (Å²) in [5, 5.41) is 12.7. The Labute approximate surface area is 122 Å². The average Bonchev–Trinajstić information content (AvgIpc) is 2.37. The van der Waals surface area contributed by atoms with Crippen LogP contribution >= 0.6 is 23.2 Å². The Hall–Kier alpha value is -1.23. The fourth-order valence-electron chi connectivity index (χ4n) is 1.50. The van der Waals surface area contributed by atoms with E-state index in [0.717, 1.165) is 5.56 Å². The molecule has 0 aliphatic heterocycles. The largest absolute Gasteiger partial charge is 0.395 e. The molecule has 1 rings (SSSR count). The summed E-state index contributed by atoms with van der Waals surface area (Å²) in [5.41, 5.74) is 0.780. The van der Waals surface area contributed by atoms with Crippen molar-refractivity contribution in [1.82, 2.24) is 10.2 Å². The van der Waals surface area contributed by atoms with Crippen LogP contribution in [0.3, 0.4) is 0 Å². The Morgan fingerprint density at radius 3 is 2.79 bits per heavy atom. The highest BCUT2D eigenvalue weighted by Gasteiger charge is 2.11. The second-order valence-corrected chi connectivity index (χ2v) is 4.70. The molecule has 0 radical (unpaired) electrons. The number of carbonyl (C=O) groups is 1. The molecule has 0 aliphatic rings. The van der Waals surface area contributed by atoms with E-state index in [1.54, 1.807) is 24.3 Å². The number of aliphatic hydroxyl groups excluding tert-OH is 1. The molecule has 6 heteroatoms. The van der Waals surface area contributed by atoms with E-state index in [9.17, 15) is 4.79 Å². The Bertz CT molecular complexity index is 452. The lowest BCUT2D eigenvalue weighted by Gasteiger charge is -2.20. The number of nitrogens with zero attached hydrogens (tertiary/aromatic N) is 1. The maximum Gasteiger partial charge on any atom is 0.318 e. The second-order valence-electron chi connectivity index (χ2n) is 3.85. The highest BCUT2D eigenvalue weighted by Crippen LogP contribution is 2.20. The summed E-state index contributed by atoms with van der Waals surface area (Å²) in [5.74, 6) is 0. The van der Waals surface area contributed by atoms with Crippen LogP contribution in [0.4, 0.5) is 4.79 Å². The van der Waals surface area contributed by atoms with E-state index in [1.807, 2.05) is 0 Å². The van der Waals surface area contributed by atoms with Crippen LogP contribution in [0.5, 0.6) is 0 Å². The van der Waals surface area contributed by atoms with Crippen molar-refractivity contribution < 1.29 is 9.90 Å². The smallest absolute Gasteiger partial charge is 0.318 e. The molecule has 0 atom stereocenters.